The van der Waals surface area contributed by atoms with Gasteiger partial charge in [0.1, 0.15) is 38.5 Å². The van der Waals surface area contributed by atoms with E-state index >= 15 is 0 Å². The summed E-state index contributed by atoms with van der Waals surface area (Å²) in [6, 6.07) is 19.9. The van der Waals surface area contributed by atoms with Crippen LogP contribution in [0.3, 0.4) is 0 Å². The molecular weight excluding hydrogens is 933 g/mol. The lowest BCUT2D eigenvalue weighted by Crippen LogP contribution is -2.51. The van der Waals surface area contributed by atoms with E-state index in [4.69, 9.17) is 38.4 Å². The average Bonchev–Trinajstić information content (AvgIpc) is 3.92. The highest BCUT2D eigenvalue weighted by molar-refractivity contribution is 5.92. The van der Waals surface area contributed by atoms with Gasteiger partial charge in [0.25, 0.3) is 11.1 Å². The number of cyclic esters (lactones) is 2. The zero-order valence-corrected chi connectivity index (χ0v) is 39.7. The molecule has 370 valence electrons. The summed E-state index contributed by atoms with van der Waals surface area (Å²) in [5.74, 6) is -5.03. The van der Waals surface area contributed by atoms with Crippen LogP contribution < -0.4 is 21.8 Å². The summed E-state index contributed by atoms with van der Waals surface area (Å²) in [7, 11) is 0. The van der Waals surface area contributed by atoms with Crippen LogP contribution in [0.4, 0.5) is 0 Å². The molecule has 2 aromatic carbocycles. The first-order chi connectivity index (χ1) is 34.7. The molecule has 2 N–H and O–H groups in total. The summed E-state index contributed by atoms with van der Waals surface area (Å²) in [6.07, 6.45) is -0.141. The first-order valence-corrected chi connectivity index (χ1v) is 23.5. The standard InChI is InChI=1S/C52H48N6O14/c1-5-51(35-19-39-43-31(17-29-11-7-9-13-37(29)55-43)21-57(39)45(61)33(35)23-69-49(51)65)71-47(63)27(3)53-41(59)25-67-15-16-68-26-42(60)54-28(4)48(64)72-52(6-2)36-20-40-44-32(18-30-12-8-10-14-38(30)56-44)22-58(40)46(62)34(36)24-70-50(52)66/h7-14,17-20,27-28H,5-6,15-16,21-26H2,1-4H3,(H,53,59)(H,54,60)/t27-,28-,51-,52-/m0/s1. The number of ether oxygens (including phenoxy) is 6. The maximum atomic E-state index is 13.9. The topological polar surface area (TPSA) is 252 Å². The molecule has 0 saturated heterocycles. The number of pyridine rings is 4. The molecule has 6 aromatic rings. The van der Waals surface area contributed by atoms with Gasteiger partial charge >= 0.3 is 23.9 Å². The fourth-order valence-corrected chi connectivity index (χ4v) is 9.82. The van der Waals surface area contributed by atoms with Crippen molar-refractivity contribution in [3.8, 4) is 22.8 Å². The predicted molar refractivity (Wildman–Crippen MR) is 254 cm³/mol. The van der Waals surface area contributed by atoms with E-state index in [1.54, 1.807) is 35.1 Å². The van der Waals surface area contributed by atoms with Crippen LogP contribution in [-0.4, -0.2) is 93.3 Å². The second-order valence-electron chi connectivity index (χ2n) is 18.0. The smallest absolute Gasteiger partial charge is 0.355 e. The van der Waals surface area contributed by atoms with E-state index < -0.39 is 83.3 Å². The van der Waals surface area contributed by atoms with Crippen LogP contribution in [0, 0.1) is 0 Å². The van der Waals surface area contributed by atoms with Crippen molar-refractivity contribution >= 4 is 57.5 Å². The normalized spacial score (nSPS) is 18.8. The monoisotopic (exact) mass is 980 g/mol. The minimum absolute atomic E-state index is 0.0706. The fraction of sp³-hybridized carbons (Fsp3) is 0.346. The number of nitrogens with one attached hydrogen (secondary N) is 2. The Morgan fingerprint density at radius 2 is 1.03 bits per heavy atom. The maximum Gasteiger partial charge on any atom is 0.355 e. The van der Waals surface area contributed by atoms with E-state index in [0.717, 1.165) is 32.9 Å². The molecule has 20 heteroatoms. The van der Waals surface area contributed by atoms with Gasteiger partial charge in [0.15, 0.2) is 0 Å². The summed E-state index contributed by atoms with van der Waals surface area (Å²) >= 11 is 0. The number of aromatic nitrogens is 4. The van der Waals surface area contributed by atoms with Crippen molar-refractivity contribution in [1.29, 1.82) is 0 Å². The number of hydrogen-bond donors (Lipinski definition) is 2. The Labute approximate surface area is 409 Å². The van der Waals surface area contributed by atoms with Crippen LogP contribution in [0.2, 0.25) is 0 Å². The Morgan fingerprint density at radius 3 is 1.43 bits per heavy atom. The van der Waals surface area contributed by atoms with Crippen molar-refractivity contribution in [1.82, 2.24) is 29.7 Å². The van der Waals surface area contributed by atoms with Crippen molar-refractivity contribution in [2.45, 2.75) is 90.1 Å². The highest BCUT2D eigenvalue weighted by Gasteiger charge is 2.52. The predicted octanol–water partition coefficient (Wildman–Crippen LogP) is 3.32. The van der Waals surface area contributed by atoms with Gasteiger partial charge in [0.05, 0.1) is 71.2 Å². The number of carbonyl (C=O) groups excluding carboxylic acids is 6. The molecule has 8 heterocycles. The Kier molecular flexibility index (Phi) is 12.3. The number of hydrogen-bond acceptors (Lipinski definition) is 16. The molecule has 4 aliphatic rings. The number of para-hydroxylation sites is 2. The number of esters is 4. The van der Waals surface area contributed by atoms with Gasteiger partial charge in [-0.2, -0.15) is 0 Å². The van der Waals surface area contributed by atoms with Crippen molar-refractivity contribution in [2.75, 3.05) is 26.4 Å². The molecule has 20 nitrogen and oxygen atoms in total. The van der Waals surface area contributed by atoms with Crippen LogP contribution in [0.25, 0.3) is 44.6 Å². The summed E-state index contributed by atoms with van der Waals surface area (Å²) in [5.41, 5.74) is 1.21. The quantitative estimate of drug-likeness (QED) is 0.0849. The number of nitrogens with zero attached hydrogens (tertiary/aromatic N) is 4. The van der Waals surface area contributed by atoms with Gasteiger partial charge in [0, 0.05) is 33.0 Å². The van der Waals surface area contributed by atoms with E-state index in [1.165, 1.54) is 13.8 Å². The van der Waals surface area contributed by atoms with Gasteiger partial charge in [-0.1, -0.05) is 50.2 Å². The average molecular weight is 981 g/mol. The fourth-order valence-electron chi connectivity index (χ4n) is 9.82. The molecule has 0 saturated carbocycles. The van der Waals surface area contributed by atoms with Crippen molar-refractivity contribution < 1.29 is 57.2 Å². The highest BCUT2D eigenvalue weighted by atomic mass is 16.6. The van der Waals surface area contributed by atoms with Gasteiger partial charge in [-0.25, -0.2) is 29.1 Å². The molecule has 72 heavy (non-hydrogen) atoms. The second kappa shape index (κ2) is 18.6. The van der Waals surface area contributed by atoms with Gasteiger partial charge in [-0.05, 0) is 63.1 Å². The molecule has 4 atom stereocenters. The molecular formula is C52H48N6O14. The molecule has 4 aliphatic heterocycles. The molecule has 0 fully saturated rings. The molecule has 0 unspecified atom stereocenters. The van der Waals surface area contributed by atoms with Crippen LogP contribution in [-0.2, 0) is 94.7 Å². The van der Waals surface area contributed by atoms with Crippen LogP contribution in [0.1, 0.15) is 73.9 Å². The zero-order valence-electron chi connectivity index (χ0n) is 39.7. The Bertz CT molecular complexity index is 3210. The van der Waals surface area contributed by atoms with Crippen molar-refractivity contribution in [3.05, 3.63) is 127 Å². The van der Waals surface area contributed by atoms with E-state index in [9.17, 15) is 38.4 Å². The highest BCUT2D eigenvalue weighted by Crippen LogP contribution is 2.43. The first-order valence-electron chi connectivity index (χ1n) is 23.5. The summed E-state index contributed by atoms with van der Waals surface area (Å²) in [5, 5.41) is 6.78. The van der Waals surface area contributed by atoms with Crippen molar-refractivity contribution in [3.63, 3.8) is 0 Å². The molecule has 2 amide bonds. The number of carbonyl (C=O) groups is 6. The first kappa shape index (κ1) is 47.6. The van der Waals surface area contributed by atoms with Gasteiger partial charge < -0.3 is 48.2 Å². The SMILES string of the molecule is CC[C@@]1(OC(=O)[C@H](C)NC(=O)COCCOCC(=O)N[C@@H](C)C(=O)O[C@]2(CC)C(=O)OCc3c2cc2n(c3=O)Cc3cc4ccccc4nc3-2)C(=O)OCc2c1cc1n(c2=O)Cc2cc3ccccc3nc2-1. The van der Waals surface area contributed by atoms with E-state index in [1.807, 2.05) is 60.7 Å². The summed E-state index contributed by atoms with van der Waals surface area (Å²) < 4.78 is 36.5. The third-order valence-corrected chi connectivity index (χ3v) is 13.6. The maximum absolute atomic E-state index is 13.9. The minimum Gasteiger partial charge on any atom is -0.457 e. The Balaban J connectivity index is 0.704. The second-order valence-corrected chi connectivity index (χ2v) is 18.0. The lowest BCUT2D eigenvalue weighted by molar-refractivity contribution is -0.190. The van der Waals surface area contributed by atoms with Gasteiger partial charge in [-0.15, -0.1) is 0 Å². The lowest BCUT2D eigenvalue weighted by Gasteiger charge is -2.36. The number of amides is 2. The van der Waals surface area contributed by atoms with Crippen LogP contribution in [0.15, 0.2) is 82.4 Å². The molecule has 0 bridgehead atoms. The third kappa shape index (κ3) is 8.05. The number of fused-ring (bicyclic) bond motifs is 10. The van der Waals surface area contributed by atoms with Crippen LogP contribution in [0.5, 0.6) is 0 Å². The van der Waals surface area contributed by atoms with E-state index in [2.05, 4.69) is 10.6 Å². The van der Waals surface area contributed by atoms with E-state index in [0.29, 0.717) is 22.8 Å². The van der Waals surface area contributed by atoms with Crippen molar-refractivity contribution in [2.24, 2.45) is 0 Å². The zero-order chi connectivity index (χ0) is 50.6. The number of rotatable bonds is 15. The molecule has 10 rings (SSSR count). The molecule has 0 aliphatic carbocycles. The van der Waals surface area contributed by atoms with Gasteiger partial charge in [-0.3, -0.25) is 19.2 Å². The van der Waals surface area contributed by atoms with Gasteiger partial charge in [0.2, 0.25) is 23.0 Å². The molecule has 4 aromatic heterocycles. The Morgan fingerprint density at radius 1 is 0.625 bits per heavy atom. The lowest BCUT2D eigenvalue weighted by atomic mass is 9.85. The summed E-state index contributed by atoms with van der Waals surface area (Å²) in [6.45, 7) is 4.59. The largest absolute Gasteiger partial charge is 0.457 e. The molecule has 0 spiro atoms. The van der Waals surface area contributed by atoms with E-state index in [-0.39, 0.29) is 74.6 Å². The minimum atomic E-state index is -1.98. The summed E-state index contributed by atoms with van der Waals surface area (Å²) in [4.78, 5) is 117. The Hall–Kier alpha value is -8.10. The number of benzene rings is 2. The third-order valence-electron chi connectivity index (χ3n) is 13.6. The van der Waals surface area contributed by atoms with Crippen LogP contribution >= 0.6 is 0 Å². The molecule has 0 radical (unpaired) electrons.